The SMILES string of the molecule is COc1cc(/C=C/C(=O)OCC(=O)NC(=O)NC2CCCCC2)ccc1O. The van der Waals surface area contributed by atoms with E-state index in [1.54, 1.807) is 12.1 Å². The minimum Gasteiger partial charge on any atom is -0.504 e. The molecule has 0 radical (unpaired) electrons. The highest BCUT2D eigenvalue weighted by molar-refractivity contribution is 5.96. The normalized spacial score (nSPS) is 14.6. The zero-order valence-corrected chi connectivity index (χ0v) is 15.2. The van der Waals surface area contributed by atoms with Crippen molar-refractivity contribution < 1.29 is 29.0 Å². The van der Waals surface area contributed by atoms with E-state index in [1.807, 2.05) is 0 Å². The fraction of sp³-hybridized carbons (Fsp3) is 0.421. The molecule has 146 valence electrons. The fourth-order valence-electron chi connectivity index (χ4n) is 2.78. The first-order valence-electron chi connectivity index (χ1n) is 8.80. The predicted molar refractivity (Wildman–Crippen MR) is 98.2 cm³/mol. The molecule has 1 saturated carbocycles. The number of benzene rings is 1. The molecule has 3 amide bonds. The van der Waals surface area contributed by atoms with Crippen molar-refractivity contribution in [2.24, 2.45) is 0 Å². The molecule has 3 N–H and O–H groups in total. The topological polar surface area (TPSA) is 114 Å². The van der Waals surface area contributed by atoms with Crippen LogP contribution in [0.5, 0.6) is 11.5 Å². The lowest BCUT2D eigenvalue weighted by Crippen LogP contribution is -2.46. The third-order valence-electron chi connectivity index (χ3n) is 4.15. The van der Waals surface area contributed by atoms with Crippen LogP contribution in [0.2, 0.25) is 0 Å². The van der Waals surface area contributed by atoms with Gasteiger partial charge in [-0.3, -0.25) is 10.1 Å². The largest absolute Gasteiger partial charge is 0.504 e. The highest BCUT2D eigenvalue weighted by Gasteiger charge is 2.17. The molecular formula is C19H24N2O6. The van der Waals surface area contributed by atoms with Crippen LogP contribution in [0, 0.1) is 0 Å². The number of imide groups is 1. The third kappa shape index (κ3) is 7.01. The minimum atomic E-state index is -0.732. The molecule has 0 aliphatic heterocycles. The van der Waals surface area contributed by atoms with Gasteiger partial charge in [-0.05, 0) is 36.6 Å². The van der Waals surface area contributed by atoms with Gasteiger partial charge in [0.1, 0.15) is 0 Å². The maximum absolute atomic E-state index is 11.7. The van der Waals surface area contributed by atoms with E-state index in [2.05, 4.69) is 10.6 Å². The number of amides is 3. The number of hydrogen-bond acceptors (Lipinski definition) is 6. The van der Waals surface area contributed by atoms with Crippen molar-refractivity contribution in [3.63, 3.8) is 0 Å². The molecule has 1 aromatic rings. The summed E-state index contributed by atoms with van der Waals surface area (Å²) in [6.45, 7) is -0.555. The van der Waals surface area contributed by atoms with Gasteiger partial charge in [0.25, 0.3) is 5.91 Å². The number of urea groups is 1. The van der Waals surface area contributed by atoms with E-state index >= 15 is 0 Å². The number of rotatable bonds is 6. The summed E-state index contributed by atoms with van der Waals surface area (Å²) in [6, 6.07) is 4.07. The molecular weight excluding hydrogens is 352 g/mol. The summed E-state index contributed by atoms with van der Waals surface area (Å²) in [5.74, 6) is -1.17. The second-order valence-corrected chi connectivity index (χ2v) is 6.23. The first-order valence-corrected chi connectivity index (χ1v) is 8.80. The summed E-state index contributed by atoms with van der Waals surface area (Å²) in [4.78, 5) is 35.1. The Morgan fingerprint density at radius 3 is 2.67 bits per heavy atom. The monoisotopic (exact) mass is 376 g/mol. The molecule has 0 bridgehead atoms. The standard InChI is InChI=1S/C19H24N2O6/c1-26-16-11-13(7-9-15(16)22)8-10-18(24)27-12-17(23)21-19(25)20-14-5-3-2-4-6-14/h7-11,14,22H,2-6,12H2,1H3,(H2,20,21,23,25)/b10-8+. The summed E-state index contributed by atoms with van der Waals surface area (Å²) in [7, 11) is 1.42. The Hall–Kier alpha value is -3.03. The minimum absolute atomic E-state index is 0.0135. The average molecular weight is 376 g/mol. The maximum Gasteiger partial charge on any atom is 0.331 e. The summed E-state index contributed by atoms with van der Waals surface area (Å²) in [6.07, 6.45) is 7.71. The Bertz CT molecular complexity index is 710. The van der Waals surface area contributed by atoms with Crippen molar-refractivity contribution in [3.8, 4) is 11.5 Å². The van der Waals surface area contributed by atoms with Gasteiger partial charge in [0.15, 0.2) is 18.1 Å². The maximum atomic E-state index is 11.7. The van der Waals surface area contributed by atoms with Crippen molar-refractivity contribution in [2.45, 2.75) is 38.1 Å². The summed E-state index contributed by atoms with van der Waals surface area (Å²) in [5.41, 5.74) is 0.609. The number of carbonyl (C=O) groups excluding carboxylic acids is 3. The van der Waals surface area contributed by atoms with Crippen molar-refractivity contribution in [1.82, 2.24) is 10.6 Å². The molecule has 0 spiro atoms. The lowest BCUT2D eigenvalue weighted by Gasteiger charge is -2.22. The van der Waals surface area contributed by atoms with E-state index < -0.39 is 24.5 Å². The number of hydrogen-bond donors (Lipinski definition) is 3. The van der Waals surface area contributed by atoms with Gasteiger partial charge in [0, 0.05) is 12.1 Å². The fourth-order valence-corrected chi connectivity index (χ4v) is 2.78. The van der Waals surface area contributed by atoms with Crippen LogP contribution in [0.4, 0.5) is 4.79 Å². The van der Waals surface area contributed by atoms with Gasteiger partial charge in [0.05, 0.1) is 7.11 Å². The zero-order chi connectivity index (χ0) is 19.6. The van der Waals surface area contributed by atoms with Gasteiger partial charge in [0.2, 0.25) is 0 Å². The van der Waals surface area contributed by atoms with Crippen LogP contribution >= 0.6 is 0 Å². The highest BCUT2D eigenvalue weighted by Crippen LogP contribution is 2.26. The third-order valence-corrected chi connectivity index (χ3v) is 4.15. The molecule has 0 aromatic heterocycles. The number of aromatic hydroxyl groups is 1. The summed E-state index contributed by atoms with van der Waals surface area (Å²) >= 11 is 0. The number of carbonyl (C=O) groups is 3. The summed E-state index contributed by atoms with van der Waals surface area (Å²) < 4.78 is 9.77. The van der Waals surface area contributed by atoms with Gasteiger partial charge >= 0.3 is 12.0 Å². The molecule has 8 nitrogen and oxygen atoms in total. The molecule has 27 heavy (non-hydrogen) atoms. The molecule has 1 fully saturated rings. The Balaban J connectivity index is 1.72. The van der Waals surface area contributed by atoms with Crippen LogP contribution in [0.3, 0.4) is 0 Å². The van der Waals surface area contributed by atoms with Crippen LogP contribution in [-0.4, -0.2) is 42.8 Å². The molecule has 0 heterocycles. The number of phenolic OH excluding ortho intramolecular Hbond substituents is 1. The number of ether oxygens (including phenoxy) is 2. The van der Waals surface area contributed by atoms with E-state index in [4.69, 9.17) is 9.47 Å². The molecule has 0 unspecified atom stereocenters. The van der Waals surface area contributed by atoms with Crippen molar-refractivity contribution >= 4 is 24.0 Å². The van der Waals surface area contributed by atoms with Crippen LogP contribution < -0.4 is 15.4 Å². The van der Waals surface area contributed by atoms with Crippen molar-refractivity contribution in [2.75, 3.05) is 13.7 Å². The van der Waals surface area contributed by atoms with Crippen LogP contribution in [0.25, 0.3) is 6.08 Å². The Morgan fingerprint density at radius 2 is 1.96 bits per heavy atom. The molecule has 1 aliphatic carbocycles. The zero-order valence-electron chi connectivity index (χ0n) is 15.2. The van der Waals surface area contributed by atoms with Crippen molar-refractivity contribution in [3.05, 3.63) is 29.8 Å². The average Bonchev–Trinajstić information content (AvgIpc) is 2.66. The Morgan fingerprint density at radius 1 is 1.22 bits per heavy atom. The highest BCUT2D eigenvalue weighted by atomic mass is 16.5. The van der Waals surface area contributed by atoms with Gasteiger partial charge in [-0.15, -0.1) is 0 Å². The molecule has 1 aromatic carbocycles. The van der Waals surface area contributed by atoms with E-state index in [0.717, 1.165) is 31.8 Å². The molecule has 1 aliphatic rings. The Kier molecular flexibility index (Phi) is 7.66. The van der Waals surface area contributed by atoms with Crippen LogP contribution in [-0.2, 0) is 14.3 Å². The van der Waals surface area contributed by atoms with E-state index in [9.17, 15) is 19.5 Å². The van der Waals surface area contributed by atoms with Crippen LogP contribution in [0.15, 0.2) is 24.3 Å². The van der Waals surface area contributed by atoms with Gasteiger partial charge in [-0.25, -0.2) is 9.59 Å². The number of nitrogens with one attached hydrogen (secondary N) is 2. The molecule has 0 saturated heterocycles. The molecule has 0 atom stereocenters. The van der Waals surface area contributed by atoms with E-state index in [0.29, 0.717) is 5.56 Å². The summed E-state index contributed by atoms with van der Waals surface area (Å²) in [5, 5.41) is 14.4. The first-order chi connectivity index (χ1) is 13.0. The van der Waals surface area contributed by atoms with Crippen LogP contribution in [0.1, 0.15) is 37.7 Å². The molecule has 8 heteroatoms. The van der Waals surface area contributed by atoms with E-state index in [1.165, 1.54) is 25.7 Å². The van der Waals surface area contributed by atoms with Gasteiger partial charge < -0.3 is 19.9 Å². The second kappa shape index (κ2) is 10.2. The number of esters is 1. The lowest BCUT2D eigenvalue weighted by atomic mass is 9.96. The Labute approximate surface area is 157 Å². The first kappa shape index (κ1) is 20.3. The lowest BCUT2D eigenvalue weighted by molar-refractivity contribution is -0.143. The van der Waals surface area contributed by atoms with Gasteiger partial charge in [-0.2, -0.15) is 0 Å². The number of methoxy groups -OCH3 is 1. The van der Waals surface area contributed by atoms with Crippen molar-refractivity contribution in [1.29, 1.82) is 0 Å². The predicted octanol–water partition coefficient (Wildman–Crippen LogP) is 2.12. The number of phenols is 1. The smallest absolute Gasteiger partial charge is 0.331 e. The van der Waals surface area contributed by atoms with Gasteiger partial charge in [-0.1, -0.05) is 25.3 Å². The molecule has 2 rings (SSSR count). The second-order valence-electron chi connectivity index (χ2n) is 6.23. The quantitative estimate of drug-likeness (QED) is 0.518. The van der Waals surface area contributed by atoms with E-state index in [-0.39, 0.29) is 17.5 Å².